The van der Waals surface area contributed by atoms with E-state index in [4.69, 9.17) is 26.3 Å². The molecule has 3 rings (SSSR count). The third kappa shape index (κ3) is 7.86. The first-order valence-corrected chi connectivity index (χ1v) is 11.4. The van der Waals surface area contributed by atoms with E-state index in [1.807, 2.05) is 12.1 Å². The third-order valence-electron chi connectivity index (χ3n) is 5.12. The summed E-state index contributed by atoms with van der Waals surface area (Å²) in [7, 11) is 1.57. The van der Waals surface area contributed by atoms with Crippen LogP contribution in [0.25, 0.3) is 0 Å². The number of hydrogen-bond acceptors (Lipinski definition) is 6. The standard InChI is InChI=1S/C27H25ClN4O4/c1-18(31-26(33)13-19-7-10-24(35-2)11-8-19)27(34)32-30-16-22-14-23(28)9-12-25(22)36-17-21-5-3-20(15-29)4-6-21/h3-12,14,16,18H,13,17H2,1-2H3,(H,31,33)(H,32,34). The van der Waals surface area contributed by atoms with Crippen LogP contribution in [-0.2, 0) is 22.6 Å². The van der Waals surface area contributed by atoms with Crippen molar-refractivity contribution in [2.24, 2.45) is 5.10 Å². The highest BCUT2D eigenvalue weighted by atomic mass is 35.5. The highest BCUT2D eigenvalue weighted by molar-refractivity contribution is 6.30. The Morgan fingerprint density at radius 1 is 1.08 bits per heavy atom. The molecule has 8 nitrogen and oxygen atoms in total. The molecule has 1 unspecified atom stereocenters. The summed E-state index contributed by atoms with van der Waals surface area (Å²) in [5.74, 6) is 0.450. The number of hydrogen-bond donors (Lipinski definition) is 2. The summed E-state index contributed by atoms with van der Waals surface area (Å²) in [5.41, 5.74) is 5.24. The van der Waals surface area contributed by atoms with Gasteiger partial charge in [-0.1, -0.05) is 35.9 Å². The monoisotopic (exact) mass is 504 g/mol. The van der Waals surface area contributed by atoms with E-state index in [0.29, 0.717) is 27.6 Å². The Kier molecular flexibility index (Phi) is 9.43. The number of nitrogens with zero attached hydrogens (tertiary/aromatic N) is 2. The molecule has 1 atom stereocenters. The molecule has 0 fully saturated rings. The number of nitrogens with one attached hydrogen (secondary N) is 2. The van der Waals surface area contributed by atoms with Gasteiger partial charge in [0.25, 0.3) is 5.91 Å². The molecule has 0 saturated heterocycles. The predicted octanol–water partition coefficient (Wildman–Crippen LogP) is 4.00. The van der Waals surface area contributed by atoms with Crippen molar-refractivity contribution in [3.63, 3.8) is 0 Å². The maximum Gasteiger partial charge on any atom is 0.262 e. The van der Waals surface area contributed by atoms with Gasteiger partial charge in [-0.15, -0.1) is 0 Å². The topological polar surface area (TPSA) is 113 Å². The van der Waals surface area contributed by atoms with Gasteiger partial charge < -0.3 is 14.8 Å². The molecule has 0 aliphatic rings. The number of benzene rings is 3. The third-order valence-corrected chi connectivity index (χ3v) is 5.36. The summed E-state index contributed by atoms with van der Waals surface area (Å²) in [6, 6.07) is 20.5. The van der Waals surface area contributed by atoms with Crippen LogP contribution in [0.4, 0.5) is 0 Å². The van der Waals surface area contributed by atoms with E-state index >= 15 is 0 Å². The van der Waals surface area contributed by atoms with Crippen molar-refractivity contribution in [1.29, 1.82) is 5.26 Å². The molecule has 0 radical (unpaired) electrons. The highest BCUT2D eigenvalue weighted by Crippen LogP contribution is 2.22. The fourth-order valence-electron chi connectivity index (χ4n) is 3.14. The molecule has 0 saturated carbocycles. The minimum Gasteiger partial charge on any atom is -0.497 e. The molecule has 3 aromatic carbocycles. The van der Waals surface area contributed by atoms with Crippen LogP contribution < -0.4 is 20.2 Å². The van der Waals surface area contributed by atoms with Gasteiger partial charge in [-0.2, -0.15) is 10.4 Å². The minimum absolute atomic E-state index is 0.132. The number of nitriles is 1. The summed E-state index contributed by atoms with van der Waals surface area (Å²) in [5, 5.41) is 16.0. The van der Waals surface area contributed by atoms with E-state index in [1.165, 1.54) is 6.21 Å². The highest BCUT2D eigenvalue weighted by Gasteiger charge is 2.15. The van der Waals surface area contributed by atoms with Crippen molar-refractivity contribution in [1.82, 2.24) is 10.7 Å². The Balaban J connectivity index is 1.54. The first-order chi connectivity index (χ1) is 17.4. The number of hydrazone groups is 1. The van der Waals surface area contributed by atoms with Crippen LogP contribution >= 0.6 is 11.6 Å². The zero-order valence-electron chi connectivity index (χ0n) is 19.8. The Hall–Kier alpha value is -4.35. The second-order valence-electron chi connectivity index (χ2n) is 7.83. The Bertz CT molecular complexity index is 1270. The summed E-state index contributed by atoms with van der Waals surface area (Å²) in [6.45, 7) is 1.85. The van der Waals surface area contributed by atoms with E-state index < -0.39 is 11.9 Å². The molecule has 0 aliphatic heterocycles. The molecule has 2 amide bonds. The lowest BCUT2D eigenvalue weighted by Crippen LogP contribution is -2.43. The number of ether oxygens (including phenoxy) is 2. The van der Waals surface area contributed by atoms with Crippen LogP contribution in [0.3, 0.4) is 0 Å². The molecule has 9 heteroatoms. The summed E-state index contributed by atoms with van der Waals surface area (Å²) >= 11 is 6.11. The smallest absolute Gasteiger partial charge is 0.262 e. The van der Waals surface area contributed by atoms with Gasteiger partial charge in [0.05, 0.1) is 31.4 Å². The second-order valence-corrected chi connectivity index (χ2v) is 8.26. The SMILES string of the molecule is COc1ccc(CC(=O)NC(C)C(=O)NN=Cc2cc(Cl)ccc2OCc2ccc(C#N)cc2)cc1. The van der Waals surface area contributed by atoms with Gasteiger partial charge in [0.15, 0.2) is 0 Å². The Morgan fingerprint density at radius 3 is 2.44 bits per heavy atom. The van der Waals surface area contributed by atoms with Gasteiger partial charge in [0.2, 0.25) is 5.91 Å². The molecule has 0 bridgehead atoms. The number of carbonyl (C=O) groups is 2. The zero-order chi connectivity index (χ0) is 25.9. The molecule has 184 valence electrons. The number of carbonyl (C=O) groups excluding carboxylic acids is 2. The Morgan fingerprint density at radius 2 is 1.78 bits per heavy atom. The number of rotatable bonds is 10. The molecular weight excluding hydrogens is 480 g/mol. The van der Waals surface area contributed by atoms with Crippen molar-refractivity contribution in [2.75, 3.05) is 7.11 Å². The quantitative estimate of drug-likeness (QED) is 0.320. The van der Waals surface area contributed by atoms with Gasteiger partial charge in [0.1, 0.15) is 24.1 Å². The lowest BCUT2D eigenvalue weighted by Gasteiger charge is -2.13. The lowest BCUT2D eigenvalue weighted by molar-refractivity contribution is -0.128. The molecule has 3 aromatic rings. The summed E-state index contributed by atoms with van der Waals surface area (Å²) < 4.78 is 11.0. The first-order valence-electron chi connectivity index (χ1n) is 11.0. The maximum atomic E-state index is 12.4. The van der Waals surface area contributed by atoms with Crippen molar-refractivity contribution in [2.45, 2.75) is 26.0 Å². The van der Waals surface area contributed by atoms with Gasteiger partial charge in [-0.25, -0.2) is 5.43 Å². The second kappa shape index (κ2) is 12.9. The first kappa shape index (κ1) is 26.3. The van der Waals surface area contributed by atoms with Crippen molar-refractivity contribution in [3.8, 4) is 17.6 Å². The predicted molar refractivity (Wildman–Crippen MR) is 137 cm³/mol. The fraction of sp³-hybridized carbons (Fsp3) is 0.185. The van der Waals surface area contributed by atoms with E-state index in [2.05, 4.69) is 21.9 Å². The average Bonchev–Trinajstić information content (AvgIpc) is 2.88. The number of amides is 2. The van der Waals surface area contributed by atoms with Gasteiger partial charge >= 0.3 is 0 Å². The summed E-state index contributed by atoms with van der Waals surface area (Å²) in [4.78, 5) is 24.7. The van der Waals surface area contributed by atoms with Crippen LogP contribution in [-0.4, -0.2) is 31.2 Å². The molecular formula is C27H25ClN4O4. The van der Waals surface area contributed by atoms with Crippen LogP contribution in [0.1, 0.15) is 29.2 Å². The Labute approximate surface area is 214 Å². The van der Waals surface area contributed by atoms with Crippen molar-refractivity contribution < 1.29 is 19.1 Å². The molecule has 0 aliphatic carbocycles. The maximum absolute atomic E-state index is 12.4. The number of halogens is 1. The fourth-order valence-corrected chi connectivity index (χ4v) is 3.32. The van der Waals surface area contributed by atoms with Crippen LogP contribution in [0.5, 0.6) is 11.5 Å². The van der Waals surface area contributed by atoms with Gasteiger partial charge in [-0.05, 0) is 60.5 Å². The lowest BCUT2D eigenvalue weighted by atomic mass is 10.1. The average molecular weight is 505 g/mol. The minimum atomic E-state index is -0.792. The van der Waals surface area contributed by atoms with Gasteiger partial charge in [-0.3, -0.25) is 9.59 Å². The van der Waals surface area contributed by atoms with Crippen LogP contribution in [0.2, 0.25) is 5.02 Å². The molecule has 0 spiro atoms. The molecule has 36 heavy (non-hydrogen) atoms. The van der Waals surface area contributed by atoms with E-state index in [1.54, 1.807) is 68.6 Å². The largest absolute Gasteiger partial charge is 0.497 e. The molecule has 0 heterocycles. The molecule has 0 aromatic heterocycles. The van der Waals surface area contributed by atoms with Crippen LogP contribution in [0.15, 0.2) is 71.8 Å². The van der Waals surface area contributed by atoms with E-state index in [0.717, 1.165) is 11.1 Å². The molecule has 2 N–H and O–H groups in total. The van der Waals surface area contributed by atoms with Crippen molar-refractivity contribution in [3.05, 3.63) is 94.0 Å². The van der Waals surface area contributed by atoms with Gasteiger partial charge in [0, 0.05) is 10.6 Å². The normalized spacial score (nSPS) is 11.4. The summed E-state index contributed by atoms with van der Waals surface area (Å²) in [6.07, 6.45) is 1.55. The van der Waals surface area contributed by atoms with E-state index in [9.17, 15) is 9.59 Å². The van der Waals surface area contributed by atoms with E-state index in [-0.39, 0.29) is 18.9 Å². The number of methoxy groups -OCH3 is 1. The zero-order valence-corrected chi connectivity index (χ0v) is 20.6. The van der Waals surface area contributed by atoms with Crippen molar-refractivity contribution >= 4 is 29.6 Å². The van der Waals surface area contributed by atoms with Crippen LogP contribution in [0, 0.1) is 11.3 Å².